The number of rotatable bonds is 4. The van der Waals surface area contributed by atoms with Crippen molar-refractivity contribution in [3.05, 3.63) is 41.2 Å². The summed E-state index contributed by atoms with van der Waals surface area (Å²) in [7, 11) is 1.85. The number of ether oxygens (including phenoxy) is 1. The van der Waals surface area contributed by atoms with E-state index in [1.165, 1.54) is 11.9 Å². The standard InChI is InChI=1S/C15H19N3O/c1-5-12-14(16-4)17-9-18-15(12)19-13-7-6-10(2)8-11(13)3/h6-9H,5H2,1-4H3,(H,16,17,18). The van der Waals surface area contributed by atoms with Gasteiger partial charge in [-0.1, -0.05) is 24.6 Å². The molecule has 0 fully saturated rings. The molecule has 1 aromatic heterocycles. The molecule has 0 bridgehead atoms. The number of hydrogen-bond donors (Lipinski definition) is 1. The number of anilines is 1. The number of aromatic nitrogens is 2. The average molecular weight is 257 g/mol. The van der Waals surface area contributed by atoms with Gasteiger partial charge in [-0.05, 0) is 31.9 Å². The minimum absolute atomic E-state index is 0.619. The molecule has 0 aliphatic rings. The summed E-state index contributed by atoms with van der Waals surface area (Å²) >= 11 is 0. The lowest BCUT2D eigenvalue weighted by atomic mass is 10.1. The third-order valence-corrected chi connectivity index (χ3v) is 3.03. The van der Waals surface area contributed by atoms with Crippen molar-refractivity contribution >= 4 is 5.82 Å². The molecular weight excluding hydrogens is 238 g/mol. The topological polar surface area (TPSA) is 47.0 Å². The van der Waals surface area contributed by atoms with Gasteiger partial charge in [0.1, 0.15) is 17.9 Å². The van der Waals surface area contributed by atoms with E-state index in [0.717, 1.165) is 29.1 Å². The van der Waals surface area contributed by atoms with E-state index in [9.17, 15) is 0 Å². The Kier molecular flexibility index (Phi) is 4.00. The highest BCUT2D eigenvalue weighted by Crippen LogP contribution is 2.29. The first-order valence-corrected chi connectivity index (χ1v) is 6.42. The lowest BCUT2D eigenvalue weighted by Crippen LogP contribution is -2.02. The Bertz CT molecular complexity index is 582. The molecule has 2 aromatic rings. The molecule has 0 spiro atoms. The maximum atomic E-state index is 5.94. The van der Waals surface area contributed by atoms with E-state index in [0.29, 0.717) is 5.88 Å². The van der Waals surface area contributed by atoms with Crippen molar-refractivity contribution < 1.29 is 4.74 Å². The fourth-order valence-electron chi connectivity index (χ4n) is 2.04. The van der Waals surface area contributed by atoms with Crippen molar-refractivity contribution in [1.82, 2.24) is 9.97 Å². The Hall–Kier alpha value is -2.10. The lowest BCUT2D eigenvalue weighted by Gasteiger charge is -2.13. The highest BCUT2D eigenvalue weighted by molar-refractivity contribution is 5.50. The van der Waals surface area contributed by atoms with Crippen LogP contribution in [-0.2, 0) is 6.42 Å². The van der Waals surface area contributed by atoms with Crippen LogP contribution in [-0.4, -0.2) is 17.0 Å². The molecule has 1 aromatic carbocycles. The zero-order valence-electron chi connectivity index (χ0n) is 11.8. The van der Waals surface area contributed by atoms with E-state index in [-0.39, 0.29) is 0 Å². The quantitative estimate of drug-likeness (QED) is 0.910. The second-order valence-electron chi connectivity index (χ2n) is 4.48. The Morgan fingerprint density at radius 3 is 2.63 bits per heavy atom. The maximum Gasteiger partial charge on any atom is 0.227 e. The van der Waals surface area contributed by atoms with Crippen molar-refractivity contribution in [3.8, 4) is 11.6 Å². The number of nitrogens with one attached hydrogen (secondary N) is 1. The van der Waals surface area contributed by atoms with Crippen molar-refractivity contribution in [1.29, 1.82) is 0 Å². The van der Waals surface area contributed by atoms with Gasteiger partial charge in [-0.15, -0.1) is 0 Å². The van der Waals surface area contributed by atoms with Crippen LogP contribution in [0.1, 0.15) is 23.6 Å². The largest absolute Gasteiger partial charge is 0.438 e. The van der Waals surface area contributed by atoms with Gasteiger partial charge >= 0.3 is 0 Å². The first kappa shape index (κ1) is 13.3. The average Bonchev–Trinajstić information content (AvgIpc) is 2.41. The highest BCUT2D eigenvalue weighted by Gasteiger charge is 2.11. The minimum Gasteiger partial charge on any atom is -0.438 e. The molecule has 1 N–H and O–H groups in total. The third-order valence-electron chi connectivity index (χ3n) is 3.03. The fourth-order valence-corrected chi connectivity index (χ4v) is 2.04. The van der Waals surface area contributed by atoms with Crippen LogP contribution >= 0.6 is 0 Å². The summed E-state index contributed by atoms with van der Waals surface area (Å²) in [5.74, 6) is 2.27. The number of benzene rings is 1. The van der Waals surface area contributed by atoms with Crippen LogP contribution in [0.5, 0.6) is 11.6 Å². The van der Waals surface area contributed by atoms with Gasteiger partial charge in [0.25, 0.3) is 0 Å². The van der Waals surface area contributed by atoms with Gasteiger partial charge in [-0.2, -0.15) is 0 Å². The Morgan fingerprint density at radius 1 is 1.21 bits per heavy atom. The van der Waals surface area contributed by atoms with Gasteiger partial charge in [0.15, 0.2) is 0 Å². The van der Waals surface area contributed by atoms with E-state index < -0.39 is 0 Å². The zero-order valence-corrected chi connectivity index (χ0v) is 11.8. The predicted molar refractivity (Wildman–Crippen MR) is 76.9 cm³/mol. The molecule has 0 atom stereocenters. The molecule has 0 aliphatic carbocycles. The third kappa shape index (κ3) is 2.84. The summed E-state index contributed by atoms with van der Waals surface area (Å²) in [5, 5.41) is 3.07. The van der Waals surface area contributed by atoms with Crippen molar-refractivity contribution in [3.63, 3.8) is 0 Å². The van der Waals surface area contributed by atoms with E-state index in [4.69, 9.17) is 4.74 Å². The summed E-state index contributed by atoms with van der Waals surface area (Å²) in [6, 6.07) is 6.11. The second-order valence-corrected chi connectivity index (χ2v) is 4.48. The van der Waals surface area contributed by atoms with Crippen molar-refractivity contribution in [2.45, 2.75) is 27.2 Å². The van der Waals surface area contributed by atoms with Crippen molar-refractivity contribution in [2.24, 2.45) is 0 Å². The number of aryl methyl sites for hydroxylation is 2. The molecular formula is C15H19N3O. The van der Waals surface area contributed by atoms with Gasteiger partial charge < -0.3 is 10.1 Å². The summed E-state index contributed by atoms with van der Waals surface area (Å²) in [6.07, 6.45) is 2.33. The summed E-state index contributed by atoms with van der Waals surface area (Å²) in [5.41, 5.74) is 3.32. The molecule has 1 heterocycles. The van der Waals surface area contributed by atoms with Gasteiger partial charge in [0.05, 0.1) is 5.56 Å². The van der Waals surface area contributed by atoms with Crippen molar-refractivity contribution in [2.75, 3.05) is 12.4 Å². The Morgan fingerprint density at radius 2 is 2.00 bits per heavy atom. The van der Waals surface area contributed by atoms with Gasteiger partial charge in [-0.25, -0.2) is 9.97 Å². The monoisotopic (exact) mass is 257 g/mol. The molecule has 0 saturated carbocycles. The van der Waals surface area contributed by atoms with Crippen LogP contribution in [0.3, 0.4) is 0 Å². The summed E-state index contributed by atoms with van der Waals surface area (Å²) in [4.78, 5) is 8.45. The predicted octanol–water partition coefficient (Wildman–Crippen LogP) is 3.49. The Labute approximate surface area is 113 Å². The Balaban J connectivity index is 2.37. The number of nitrogens with zero attached hydrogens (tertiary/aromatic N) is 2. The van der Waals surface area contributed by atoms with Gasteiger partial charge in [-0.3, -0.25) is 0 Å². The second kappa shape index (κ2) is 5.69. The molecule has 0 amide bonds. The summed E-state index contributed by atoms with van der Waals surface area (Å²) in [6.45, 7) is 6.17. The maximum absolute atomic E-state index is 5.94. The fraction of sp³-hybridized carbons (Fsp3) is 0.333. The van der Waals surface area contributed by atoms with E-state index in [2.05, 4.69) is 35.2 Å². The molecule has 2 rings (SSSR count). The van der Waals surface area contributed by atoms with Crippen LogP contribution in [0.2, 0.25) is 0 Å². The van der Waals surface area contributed by atoms with Crippen LogP contribution in [0, 0.1) is 13.8 Å². The number of hydrogen-bond acceptors (Lipinski definition) is 4. The lowest BCUT2D eigenvalue weighted by molar-refractivity contribution is 0.452. The molecule has 19 heavy (non-hydrogen) atoms. The van der Waals surface area contributed by atoms with E-state index >= 15 is 0 Å². The van der Waals surface area contributed by atoms with E-state index in [1.807, 2.05) is 26.1 Å². The zero-order chi connectivity index (χ0) is 13.8. The van der Waals surface area contributed by atoms with Crippen LogP contribution in [0.15, 0.2) is 24.5 Å². The highest BCUT2D eigenvalue weighted by atomic mass is 16.5. The van der Waals surface area contributed by atoms with Crippen LogP contribution < -0.4 is 10.1 Å². The molecule has 0 saturated heterocycles. The molecule has 0 radical (unpaired) electrons. The molecule has 0 aliphatic heterocycles. The van der Waals surface area contributed by atoms with Gasteiger partial charge in [0.2, 0.25) is 5.88 Å². The normalized spacial score (nSPS) is 10.3. The van der Waals surface area contributed by atoms with Crippen LogP contribution in [0.25, 0.3) is 0 Å². The summed E-state index contributed by atoms with van der Waals surface area (Å²) < 4.78 is 5.94. The smallest absolute Gasteiger partial charge is 0.227 e. The minimum atomic E-state index is 0.619. The molecule has 4 heteroatoms. The SMILES string of the molecule is CCc1c(NC)ncnc1Oc1ccc(C)cc1C. The van der Waals surface area contributed by atoms with Crippen LogP contribution in [0.4, 0.5) is 5.82 Å². The first-order valence-electron chi connectivity index (χ1n) is 6.42. The molecule has 0 unspecified atom stereocenters. The molecule has 4 nitrogen and oxygen atoms in total. The van der Waals surface area contributed by atoms with E-state index in [1.54, 1.807) is 0 Å². The molecule has 100 valence electrons. The van der Waals surface area contributed by atoms with Gasteiger partial charge in [0, 0.05) is 7.05 Å². The first-order chi connectivity index (χ1) is 9.15.